The monoisotopic (exact) mass is 550 g/mol. The van der Waals surface area contributed by atoms with Crippen molar-refractivity contribution < 1.29 is 33.8 Å². The Labute approximate surface area is 234 Å². The van der Waals surface area contributed by atoms with E-state index in [1.165, 1.54) is 0 Å². The third-order valence-electron chi connectivity index (χ3n) is 10.4. The van der Waals surface area contributed by atoms with Crippen LogP contribution in [0.1, 0.15) is 77.2 Å². The van der Waals surface area contributed by atoms with E-state index in [1.807, 2.05) is 13.0 Å². The molecule has 0 bridgehead atoms. The van der Waals surface area contributed by atoms with Gasteiger partial charge in [0, 0.05) is 49.5 Å². The van der Waals surface area contributed by atoms with Gasteiger partial charge in [-0.05, 0) is 67.1 Å². The first kappa shape index (κ1) is 28.3. The van der Waals surface area contributed by atoms with Crippen molar-refractivity contribution in [3.05, 3.63) is 41.7 Å². The van der Waals surface area contributed by atoms with E-state index >= 15 is 0 Å². The topological polar surface area (TPSA) is 140 Å². The molecule has 3 saturated carbocycles. The summed E-state index contributed by atoms with van der Waals surface area (Å²) in [5.74, 6) is -1.63. The van der Waals surface area contributed by atoms with Crippen LogP contribution in [0, 0.1) is 28.6 Å². The van der Waals surface area contributed by atoms with Crippen molar-refractivity contribution in [3.8, 4) is 0 Å². The predicted octanol–water partition coefficient (Wildman–Crippen LogP) is 3.03. The third kappa shape index (κ3) is 4.82. The molecule has 1 amide bonds. The Hall–Kier alpha value is -3.20. The van der Waals surface area contributed by atoms with Crippen LogP contribution in [-0.4, -0.2) is 51.5 Å². The lowest BCUT2D eigenvalue weighted by Crippen LogP contribution is -2.61. The molecule has 0 spiro atoms. The molecule has 214 valence electrons. The highest BCUT2D eigenvalue weighted by molar-refractivity contribution is 5.95. The maximum atomic E-state index is 13.7. The number of esters is 1. The molecule has 0 saturated heterocycles. The summed E-state index contributed by atoms with van der Waals surface area (Å²) in [6.07, 6.45) is 8.28. The number of aliphatic hydroxyl groups is 1. The summed E-state index contributed by atoms with van der Waals surface area (Å²) in [6, 6.07) is 3.59. The van der Waals surface area contributed by atoms with E-state index in [9.17, 15) is 29.1 Å². The molecule has 9 heteroatoms. The van der Waals surface area contributed by atoms with Crippen molar-refractivity contribution in [2.75, 3.05) is 6.61 Å². The maximum Gasteiger partial charge on any atom is 0.306 e. The number of pyridine rings is 1. The molecule has 4 aliphatic rings. The summed E-state index contributed by atoms with van der Waals surface area (Å²) >= 11 is 0. The number of nitrogens with one attached hydrogen (secondary N) is 1. The van der Waals surface area contributed by atoms with E-state index in [2.05, 4.69) is 17.2 Å². The smallest absolute Gasteiger partial charge is 0.306 e. The fraction of sp³-hybridized carbons (Fsp3) is 0.613. The quantitative estimate of drug-likeness (QED) is 0.471. The van der Waals surface area contributed by atoms with Gasteiger partial charge in [-0.25, -0.2) is 0 Å². The molecular weight excluding hydrogens is 512 g/mol. The minimum Gasteiger partial charge on any atom is -0.458 e. The second-order valence-electron chi connectivity index (χ2n) is 12.5. The van der Waals surface area contributed by atoms with Crippen LogP contribution in [0.2, 0.25) is 0 Å². The maximum absolute atomic E-state index is 13.7. The number of carbonyl (C=O) groups is 5. The molecule has 5 rings (SSSR count). The van der Waals surface area contributed by atoms with Gasteiger partial charge in [0.1, 0.15) is 11.4 Å². The van der Waals surface area contributed by atoms with E-state index < -0.39 is 29.4 Å². The first-order chi connectivity index (χ1) is 19.0. The van der Waals surface area contributed by atoms with Crippen LogP contribution < -0.4 is 5.32 Å². The fourth-order valence-electron chi connectivity index (χ4n) is 8.19. The van der Waals surface area contributed by atoms with Gasteiger partial charge in [-0.3, -0.25) is 29.0 Å². The van der Waals surface area contributed by atoms with Gasteiger partial charge in [0.15, 0.2) is 12.4 Å². The van der Waals surface area contributed by atoms with Crippen molar-refractivity contribution in [2.45, 2.75) is 83.8 Å². The van der Waals surface area contributed by atoms with Crippen LogP contribution in [0.15, 0.2) is 36.2 Å². The Bertz CT molecular complexity index is 1260. The Kier molecular flexibility index (Phi) is 7.54. The van der Waals surface area contributed by atoms with Crippen LogP contribution in [0.5, 0.6) is 0 Å². The summed E-state index contributed by atoms with van der Waals surface area (Å²) in [7, 11) is 0. The second-order valence-corrected chi connectivity index (χ2v) is 12.5. The Morgan fingerprint density at radius 3 is 2.67 bits per heavy atom. The van der Waals surface area contributed by atoms with Crippen molar-refractivity contribution in [3.63, 3.8) is 0 Å². The largest absolute Gasteiger partial charge is 0.458 e. The predicted molar refractivity (Wildman–Crippen MR) is 143 cm³/mol. The van der Waals surface area contributed by atoms with Crippen LogP contribution in [-0.2, 0) is 35.3 Å². The highest BCUT2D eigenvalue weighted by atomic mass is 16.5. The summed E-state index contributed by atoms with van der Waals surface area (Å²) in [5, 5.41) is 14.5. The van der Waals surface area contributed by atoms with Crippen LogP contribution in [0.4, 0.5) is 0 Å². The number of ether oxygens (including phenoxy) is 1. The number of amides is 1. The zero-order valence-corrected chi connectivity index (χ0v) is 23.2. The highest BCUT2D eigenvalue weighted by Crippen LogP contribution is 2.66. The number of nitrogens with zero attached hydrogens (tertiary/aromatic N) is 1. The molecule has 2 N–H and O–H groups in total. The average molecular weight is 551 g/mol. The Morgan fingerprint density at radius 2 is 1.93 bits per heavy atom. The average Bonchev–Trinajstić information content (AvgIpc) is 3.20. The summed E-state index contributed by atoms with van der Waals surface area (Å²) in [6.45, 7) is 3.64. The van der Waals surface area contributed by atoms with Crippen molar-refractivity contribution >= 4 is 29.2 Å². The molecular formula is C31H38N2O7. The van der Waals surface area contributed by atoms with Gasteiger partial charge in [-0.2, -0.15) is 0 Å². The van der Waals surface area contributed by atoms with Gasteiger partial charge < -0.3 is 15.2 Å². The molecule has 4 aliphatic carbocycles. The summed E-state index contributed by atoms with van der Waals surface area (Å²) in [5.41, 5.74) is -1.15. The Balaban J connectivity index is 1.18. The van der Waals surface area contributed by atoms with Gasteiger partial charge in [-0.1, -0.05) is 25.5 Å². The SMILES string of the molecule is C[C@]12CCC(=O)C=C1CC[C@H]1[C@@H]2C(=O)C[C@]2(C)[C@H]1CC[C@]2(O)C(=O)COC(=O)CCC(=O)NCc1cccnc1. The van der Waals surface area contributed by atoms with E-state index in [-0.39, 0.29) is 66.3 Å². The lowest BCUT2D eigenvalue weighted by Gasteiger charge is -2.57. The fourth-order valence-corrected chi connectivity index (χ4v) is 8.19. The number of hydrogen-bond donors (Lipinski definition) is 2. The molecule has 3 fully saturated rings. The van der Waals surface area contributed by atoms with Crippen molar-refractivity contribution in [1.29, 1.82) is 0 Å². The molecule has 0 radical (unpaired) electrons. The molecule has 0 unspecified atom stereocenters. The van der Waals surface area contributed by atoms with Gasteiger partial charge >= 0.3 is 5.97 Å². The number of allylic oxidation sites excluding steroid dienone is 1. The third-order valence-corrected chi connectivity index (χ3v) is 10.4. The van der Waals surface area contributed by atoms with Crippen LogP contribution in [0.25, 0.3) is 0 Å². The Morgan fingerprint density at radius 1 is 1.12 bits per heavy atom. The van der Waals surface area contributed by atoms with Crippen LogP contribution >= 0.6 is 0 Å². The number of carbonyl (C=O) groups excluding carboxylic acids is 5. The molecule has 40 heavy (non-hydrogen) atoms. The van der Waals surface area contributed by atoms with Gasteiger partial charge in [0.05, 0.1) is 6.42 Å². The van der Waals surface area contributed by atoms with Gasteiger partial charge in [-0.15, -0.1) is 0 Å². The molecule has 6 atom stereocenters. The van der Waals surface area contributed by atoms with Gasteiger partial charge in [0.2, 0.25) is 11.7 Å². The minimum absolute atomic E-state index is 0.0145. The van der Waals surface area contributed by atoms with Crippen molar-refractivity contribution in [2.24, 2.45) is 28.6 Å². The number of fused-ring (bicyclic) bond motifs is 5. The number of rotatable bonds is 8. The first-order valence-corrected chi connectivity index (χ1v) is 14.3. The zero-order chi connectivity index (χ0) is 28.7. The lowest BCUT2D eigenvalue weighted by molar-refractivity contribution is -0.173. The second kappa shape index (κ2) is 10.7. The van der Waals surface area contributed by atoms with Gasteiger partial charge in [0.25, 0.3) is 0 Å². The van der Waals surface area contributed by atoms with E-state index in [1.54, 1.807) is 24.5 Å². The number of aromatic nitrogens is 1. The number of ketones is 3. The molecule has 1 aromatic heterocycles. The highest BCUT2D eigenvalue weighted by Gasteiger charge is 2.68. The molecule has 9 nitrogen and oxygen atoms in total. The molecule has 0 aromatic carbocycles. The molecule has 1 heterocycles. The summed E-state index contributed by atoms with van der Waals surface area (Å²) < 4.78 is 5.19. The lowest BCUT2D eigenvalue weighted by atomic mass is 9.46. The normalized spacial score (nSPS) is 34.7. The summed E-state index contributed by atoms with van der Waals surface area (Å²) in [4.78, 5) is 67.5. The number of Topliss-reactive ketones (excluding diaryl/α,β-unsaturated/α-hetero) is 2. The van der Waals surface area contributed by atoms with E-state index in [0.29, 0.717) is 25.8 Å². The molecule has 0 aliphatic heterocycles. The zero-order valence-electron chi connectivity index (χ0n) is 23.2. The molecule has 1 aromatic rings. The van der Waals surface area contributed by atoms with E-state index in [0.717, 1.165) is 24.0 Å². The minimum atomic E-state index is -1.76. The number of hydrogen-bond acceptors (Lipinski definition) is 8. The van der Waals surface area contributed by atoms with Crippen molar-refractivity contribution in [1.82, 2.24) is 10.3 Å². The first-order valence-electron chi connectivity index (χ1n) is 14.3. The standard InChI is InChI=1S/C31H38N2O7/c1-29-11-9-21(34)14-20(29)5-6-22-23-10-12-31(39,30(23,2)15-24(35)28(22)29)25(36)18-40-27(38)8-7-26(37)33-17-19-4-3-13-32-16-19/h3-4,13-14,16,22-23,28,39H,5-12,15,17-18H2,1-2H3,(H,33,37)/t22-,23+,28-,29+,30-,31+/m1/s1. The van der Waals surface area contributed by atoms with E-state index in [4.69, 9.17) is 4.74 Å². The van der Waals surface area contributed by atoms with Crippen LogP contribution in [0.3, 0.4) is 0 Å².